The molecule has 0 atom stereocenters. The Morgan fingerprint density at radius 2 is 1.89 bits per heavy atom. The minimum atomic E-state index is -1.18. The third-order valence-corrected chi connectivity index (χ3v) is 5.35. The van der Waals surface area contributed by atoms with Gasteiger partial charge in [0.2, 0.25) is 12.7 Å². The summed E-state index contributed by atoms with van der Waals surface area (Å²) in [6.45, 7) is 1.93. The maximum atomic E-state index is 14.0. The maximum Gasteiger partial charge on any atom is 0.234 e. The summed E-state index contributed by atoms with van der Waals surface area (Å²) in [7, 11) is 0. The Morgan fingerprint density at radius 3 is 2.68 bits per heavy atom. The second-order valence-electron chi connectivity index (χ2n) is 7.25. The van der Waals surface area contributed by atoms with Crippen molar-refractivity contribution < 1.29 is 23.8 Å². The van der Waals surface area contributed by atoms with Gasteiger partial charge in [-0.3, -0.25) is 9.69 Å². The molecule has 0 spiro atoms. The molecule has 2 heterocycles. The van der Waals surface area contributed by atoms with Gasteiger partial charge in [-0.1, -0.05) is 24.3 Å². The van der Waals surface area contributed by atoms with Gasteiger partial charge in [0, 0.05) is 25.2 Å². The standard InChI is InChI=1S/C21H23FN2O4/c22-17-4-2-1-3-16(17)21(26)7-9-24(10-8-21)13-20(25)23-12-15-5-6-18-19(11-15)28-14-27-18/h1-6,11,26H,7-10,12-14H2,(H,23,25). The van der Waals surface area contributed by atoms with E-state index in [-0.39, 0.29) is 25.1 Å². The van der Waals surface area contributed by atoms with Crippen LogP contribution in [0.5, 0.6) is 11.5 Å². The summed E-state index contributed by atoms with van der Waals surface area (Å²) in [4.78, 5) is 14.2. The van der Waals surface area contributed by atoms with Crippen LogP contribution in [-0.2, 0) is 16.9 Å². The van der Waals surface area contributed by atoms with Gasteiger partial charge in [-0.25, -0.2) is 4.39 Å². The zero-order valence-corrected chi connectivity index (χ0v) is 15.5. The molecule has 0 bridgehead atoms. The summed E-state index contributed by atoms with van der Waals surface area (Å²) < 4.78 is 24.6. The molecule has 2 aliphatic rings. The lowest BCUT2D eigenvalue weighted by atomic mass is 9.84. The van der Waals surface area contributed by atoms with E-state index in [1.54, 1.807) is 18.2 Å². The van der Waals surface area contributed by atoms with Crippen LogP contribution < -0.4 is 14.8 Å². The maximum absolute atomic E-state index is 14.0. The van der Waals surface area contributed by atoms with Gasteiger partial charge in [0.05, 0.1) is 12.1 Å². The fourth-order valence-electron chi connectivity index (χ4n) is 3.70. The monoisotopic (exact) mass is 386 g/mol. The van der Waals surface area contributed by atoms with Crippen LogP contribution in [-0.4, -0.2) is 42.3 Å². The Morgan fingerprint density at radius 1 is 1.14 bits per heavy atom. The molecule has 1 saturated heterocycles. The molecule has 4 rings (SSSR count). The number of nitrogens with zero attached hydrogens (tertiary/aromatic N) is 1. The van der Waals surface area contributed by atoms with Crippen LogP contribution in [0.1, 0.15) is 24.0 Å². The van der Waals surface area contributed by atoms with Crippen LogP contribution in [0.2, 0.25) is 0 Å². The summed E-state index contributed by atoms with van der Waals surface area (Å²) in [5.41, 5.74) is 0.0947. The summed E-state index contributed by atoms with van der Waals surface area (Å²) >= 11 is 0. The third kappa shape index (κ3) is 3.95. The number of nitrogens with one attached hydrogen (secondary N) is 1. The number of aliphatic hydroxyl groups is 1. The van der Waals surface area contributed by atoms with Gasteiger partial charge in [0.1, 0.15) is 5.82 Å². The van der Waals surface area contributed by atoms with E-state index >= 15 is 0 Å². The second kappa shape index (κ2) is 7.77. The molecule has 0 unspecified atom stereocenters. The van der Waals surface area contributed by atoms with Crippen LogP contribution in [0.3, 0.4) is 0 Å². The number of fused-ring (bicyclic) bond motifs is 1. The third-order valence-electron chi connectivity index (χ3n) is 5.35. The zero-order chi connectivity index (χ0) is 19.6. The molecule has 2 aliphatic heterocycles. The zero-order valence-electron chi connectivity index (χ0n) is 15.5. The number of likely N-dealkylation sites (tertiary alicyclic amines) is 1. The SMILES string of the molecule is O=C(CN1CCC(O)(c2ccccc2F)CC1)NCc1ccc2c(c1)OCO2. The molecule has 2 N–H and O–H groups in total. The average Bonchev–Trinajstić information content (AvgIpc) is 3.16. The van der Waals surface area contributed by atoms with Crippen molar-refractivity contribution in [1.29, 1.82) is 0 Å². The van der Waals surface area contributed by atoms with Crippen molar-refractivity contribution in [2.24, 2.45) is 0 Å². The molecule has 2 aromatic carbocycles. The van der Waals surface area contributed by atoms with E-state index in [9.17, 15) is 14.3 Å². The van der Waals surface area contributed by atoms with Gasteiger partial charge in [-0.05, 0) is 36.6 Å². The highest BCUT2D eigenvalue weighted by molar-refractivity contribution is 5.78. The van der Waals surface area contributed by atoms with E-state index in [0.717, 1.165) is 5.56 Å². The van der Waals surface area contributed by atoms with E-state index in [0.29, 0.717) is 49.5 Å². The number of carbonyl (C=O) groups excluding carboxylic acids is 1. The number of benzene rings is 2. The van der Waals surface area contributed by atoms with Gasteiger partial charge in [0.15, 0.2) is 11.5 Å². The summed E-state index contributed by atoms with van der Waals surface area (Å²) in [5, 5.41) is 13.7. The first-order valence-corrected chi connectivity index (χ1v) is 9.38. The first kappa shape index (κ1) is 18.7. The van der Waals surface area contributed by atoms with Crippen molar-refractivity contribution in [3.63, 3.8) is 0 Å². The van der Waals surface area contributed by atoms with Gasteiger partial charge < -0.3 is 19.9 Å². The van der Waals surface area contributed by atoms with Gasteiger partial charge in [0.25, 0.3) is 0 Å². The average molecular weight is 386 g/mol. The molecule has 0 radical (unpaired) electrons. The second-order valence-corrected chi connectivity index (χ2v) is 7.25. The van der Waals surface area contributed by atoms with Crippen molar-refractivity contribution >= 4 is 5.91 Å². The summed E-state index contributed by atoms with van der Waals surface area (Å²) in [5.74, 6) is 0.926. The molecule has 6 nitrogen and oxygen atoms in total. The predicted molar refractivity (Wildman–Crippen MR) is 100 cm³/mol. The van der Waals surface area contributed by atoms with Crippen molar-refractivity contribution in [2.45, 2.75) is 25.0 Å². The quantitative estimate of drug-likeness (QED) is 0.824. The first-order valence-electron chi connectivity index (χ1n) is 9.38. The predicted octanol–water partition coefficient (Wildman–Crippen LogP) is 2.15. The smallest absolute Gasteiger partial charge is 0.234 e. The number of rotatable bonds is 5. The molecule has 1 fully saturated rings. The van der Waals surface area contributed by atoms with Crippen molar-refractivity contribution in [3.8, 4) is 11.5 Å². The van der Waals surface area contributed by atoms with Gasteiger partial charge >= 0.3 is 0 Å². The van der Waals surface area contributed by atoms with Crippen LogP contribution in [0.25, 0.3) is 0 Å². The van der Waals surface area contributed by atoms with Crippen molar-refractivity contribution in [3.05, 3.63) is 59.4 Å². The van der Waals surface area contributed by atoms with Crippen LogP contribution in [0, 0.1) is 5.82 Å². The van der Waals surface area contributed by atoms with Crippen LogP contribution >= 0.6 is 0 Å². The molecule has 7 heteroatoms. The van der Waals surface area contributed by atoms with Gasteiger partial charge in [-0.15, -0.1) is 0 Å². The highest BCUT2D eigenvalue weighted by atomic mass is 19.1. The molecular formula is C21H23FN2O4. The van der Waals surface area contributed by atoms with Crippen molar-refractivity contribution in [1.82, 2.24) is 10.2 Å². The van der Waals surface area contributed by atoms with Crippen LogP contribution in [0.4, 0.5) is 4.39 Å². The lowest BCUT2D eigenvalue weighted by Crippen LogP contribution is -2.46. The molecule has 2 aromatic rings. The van der Waals surface area contributed by atoms with Crippen molar-refractivity contribution in [2.75, 3.05) is 26.4 Å². The molecule has 148 valence electrons. The minimum Gasteiger partial charge on any atom is -0.454 e. The minimum absolute atomic E-state index is 0.0889. The largest absolute Gasteiger partial charge is 0.454 e. The highest BCUT2D eigenvalue weighted by Gasteiger charge is 2.36. The van der Waals surface area contributed by atoms with E-state index in [1.807, 2.05) is 23.1 Å². The fourth-order valence-corrected chi connectivity index (χ4v) is 3.70. The fraction of sp³-hybridized carbons (Fsp3) is 0.381. The van der Waals surface area contributed by atoms with Crippen LogP contribution in [0.15, 0.2) is 42.5 Å². The number of amides is 1. The van der Waals surface area contributed by atoms with E-state index in [1.165, 1.54) is 6.07 Å². The number of carbonyl (C=O) groups is 1. The Bertz CT molecular complexity index is 865. The van der Waals surface area contributed by atoms with E-state index < -0.39 is 5.60 Å². The number of hydrogen-bond acceptors (Lipinski definition) is 5. The topological polar surface area (TPSA) is 71.0 Å². The number of halogens is 1. The molecule has 0 aliphatic carbocycles. The van der Waals surface area contributed by atoms with E-state index in [4.69, 9.17) is 9.47 Å². The van der Waals surface area contributed by atoms with E-state index in [2.05, 4.69) is 5.32 Å². The van der Waals surface area contributed by atoms with Gasteiger partial charge in [-0.2, -0.15) is 0 Å². The summed E-state index contributed by atoms with van der Waals surface area (Å²) in [6, 6.07) is 11.9. The Kier molecular flexibility index (Phi) is 5.19. The lowest BCUT2D eigenvalue weighted by Gasteiger charge is -2.38. The first-order chi connectivity index (χ1) is 13.5. The number of hydrogen-bond donors (Lipinski definition) is 2. The molecule has 28 heavy (non-hydrogen) atoms. The lowest BCUT2D eigenvalue weighted by molar-refractivity contribution is -0.123. The number of piperidine rings is 1. The Balaban J connectivity index is 1.27. The Hall–Kier alpha value is -2.64. The highest BCUT2D eigenvalue weighted by Crippen LogP contribution is 2.34. The summed E-state index contributed by atoms with van der Waals surface area (Å²) in [6.07, 6.45) is 0.784. The molecular weight excluding hydrogens is 363 g/mol. The molecule has 0 aromatic heterocycles. The normalized spacial score (nSPS) is 18.1. The molecule has 1 amide bonds. The Labute approximate surface area is 162 Å². The molecule has 0 saturated carbocycles. The number of ether oxygens (including phenoxy) is 2.